The van der Waals surface area contributed by atoms with Crippen LogP contribution in [0.3, 0.4) is 0 Å². The third kappa shape index (κ3) is 5.17. The van der Waals surface area contributed by atoms with Crippen LogP contribution in [0.4, 0.5) is 0 Å². The Labute approximate surface area is 199 Å². The molecule has 1 aromatic heterocycles. The number of rotatable bonds is 5. The fourth-order valence-electron chi connectivity index (χ4n) is 2.80. The topological polar surface area (TPSA) is 78.4 Å². The number of phenolic OH excluding ortho intramolecular Hbond substituents is 1. The predicted molar refractivity (Wildman–Crippen MR) is 130 cm³/mol. The van der Waals surface area contributed by atoms with E-state index in [1.165, 1.54) is 16.7 Å². The summed E-state index contributed by atoms with van der Waals surface area (Å²) < 4.78 is 6.70. The number of furan rings is 1. The highest BCUT2D eigenvalue weighted by Gasteiger charge is 2.34. The Morgan fingerprint density at radius 2 is 1.94 bits per heavy atom. The fraction of sp³-hybridized carbons (Fsp3) is 0.0455. The van der Waals surface area contributed by atoms with Crippen LogP contribution in [0.2, 0.25) is 0 Å². The molecule has 2 aromatic carbocycles. The second-order valence-corrected chi connectivity index (χ2v) is 9.22. The van der Waals surface area contributed by atoms with Crippen molar-refractivity contribution in [1.82, 2.24) is 4.90 Å². The lowest BCUT2D eigenvalue weighted by molar-refractivity contribution is -0.122. The van der Waals surface area contributed by atoms with Gasteiger partial charge in [-0.25, -0.2) is 0 Å². The molecule has 1 saturated heterocycles. The molecule has 0 spiro atoms. The zero-order valence-corrected chi connectivity index (χ0v) is 19.9. The van der Waals surface area contributed by atoms with Crippen LogP contribution >= 0.6 is 43.6 Å². The molecule has 4 rings (SSSR count). The second-order valence-electron chi connectivity index (χ2n) is 6.44. The van der Waals surface area contributed by atoms with Crippen molar-refractivity contribution in [2.75, 3.05) is 0 Å². The molecule has 1 aliphatic rings. The molecular weight excluding hydrogens is 546 g/mol. The number of amidine groups is 1. The molecule has 0 saturated carbocycles. The van der Waals surface area contributed by atoms with Crippen LogP contribution in [0.5, 0.6) is 5.75 Å². The summed E-state index contributed by atoms with van der Waals surface area (Å²) in [7, 11) is 0. The Morgan fingerprint density at radius 3 is 2.68 bits per heavy atom. The lowest BCUT2D eigenvalue weighted by atomic mass is 10.2. The maximum Gasteiger partial charge on any atom is 0.267 e. The minimum Gasteiger partial charge on any atom is -0.506 e. The van der Waals surface area contributed by atoms with Crippen LogP contribution < -0.4 is 0 Å². The highest BCUT2D eigenvalue weighted by atomic mass is 79.9. The number of aromatic hydroxyl groups is 1. The number of halogens is 2. The van der Waals surface area contributed by atoms with Gasteiger partial charge in [0.25, 0.3) is 5.91 Å². The van der Waals surface area contributed by atoms with Gasteiger partial charge in [-0.15, -0.1) is 5.10 Å². The molecule has 0 aliphatic carbocycles. The largest absolute Gasteiger partial charge is 0.506 e. The Bertz CT molecular complexity index is 1190. The monoisotopic (exact) mass is 559 g/mol. The number of nitrogens with zero attached hydrogens (tertiary/aromatic N) is 3. The van der Waals surface area contributed by atoms with E-state index in [4.69, 9.17) is 4.42 Å². The number of hydrogen-bond donors (Lipinski definition) is 1. The highest BCUT2D eigenvalue weighted by molar-refractivity contribution is 9.11. The third-order valence-electron chi connectivity index (χ3n) is 4.28. The number of carbonyl (C=O) groups is 1. The Balaban J connectivity index is 1.67. The molecule has 6 nitrogen and oxygen atoms in total. The number of benzene rings is 2. The van der Waals surface area contributed by atoms with Gasteiger partial charge in [-0.3, -0.25) is 9.69 Å². The zero-order valence-electron chi connectivity index (χ0n) is 15.9. The third-order valence-corrected chi connectivity index (χ3v) is 6.34. The van der Waals surface area contributed by atoms with E-state index >= 15 is 0 Å². The van der Waals surface area contributed by atoms with Crippen LogP contribution in [-0.4, -0.2) is 27.3 Å². The summed E-state index contributed by atoms with van der Waals surface area (Å²) in [5, 5.41) is 19.2. The summed E-state index contributed by atoms with van der Waals surface area (Å²) in [5.41, 5.74) is 1.41. The van der Waals surface area contributed by atoms with Crippen LogP contribution in [-0.2, 0) is 11.3 Å². The number of hydrogen-bond acceptors (Lipinski definition) is 6. The molecule has 1 amide bonds. The molecule has 3 aromatic rings. The van der Waals surface area contributed by atoms with E-state index in [1.54, 1.807) is 42.8 Å². The Kier molecular flexibility index (Phi) is 6.74. The van der Waals surface area contributed by atoms with Gasteiger partial charge in [-0.1, -0.05) is 46.3 Å². The average Bonchev–Trinajstić information content (AvgIpc) is 3.37. The van der Waals surface area contributed by atoms with E-state index in [-0.39, 0.29) is 18.2 Å². The van der Waals surface area contributed by atoms with Crippen molar-refractivity contribution in [2.45, 2.75) is 6.54 Å². The first-order valence-electron chi connectivity index (χ1n) is 9.09. The summed E-state index contributed by atoms with van der Waals surface area (Å²) >= 11 is 7.91. The van der Waals surface area contributed by atoms with E-state index in [1.807, 2.05) is 30.3 Å². The molecule has 0 radical (unpaired) electrons. The second kappa shape index (κ2) is 9.67. The van der Waals surface area contributed by atoms with Gasteiger partial charge in [0, 0.05) is 10.0 Å². The SMILES string of the molecule is O=C1/C(=C/c2cc(Br)cc(Br)c2O)S/C(=N/N=C\c2ccccc2)N1Cc1ccco1. The van der Waals surface area contributed by atoms with Gasteiger partial charge < -0.3 is 9.52 Å². The van der Waals surface area contributed by atoms with E-state index in [9.17, 15) is 9.90 Å². The maximum absolute atomic E-state index is 13.1. The standard InChI is InChI=1S/C22H15Br2N3O3S/c23-16-9-15(20(28)18(24)11-16)10-19-21(29)27(13-17-7-4-8-30-17)22(31-19)26-25-12-14-5-2-1-3-6-14/h1-12,28H,13H2/b19-10-,25-12-,26-22+. The fourth-order valence-corrected chi connectivity index (χ4v) is 4.99. The quantitative estimate of drug-likeness (QED) is 0.235. The van der Waals surface area contributed by atoms with Crippen LogP contribution in [0.25, 0.3) is 6.08 Å². The number of thioether (sulfide) groups is 1. The molecule has 0 unspecified atom stereocenters. The van der Waals surface area contributed by atoms with Crippen molar-refractivity contribution in [1.29, 1.82) is 0 Å². The Morgan fingerprint density at radius 1 is 1.13 bits per heavy atom. The molecule has 1 N–H and O–H groups in total. The minimum atomic E-state index is -0.245. The molecule has 2 heterocycles. The summed E-state index contributed by atoms with van der Waals surface area (Å²) in [4.78, 5) is 15.0. The van der Waals surface area contributed by atoms with Gasteiger partial charge in [-0.2, -0.15) is 5.10 Å². The van der Waals surface area contributed by atoms with Crippen molar-refractivity contribution in [3.8, 4) is 5.75 Å². The first kappa shape index (κ1) is 21.6. The van der Waals surface area contributed by atoms with E-state index in [0.29, 0.717) is 25.9 Å². The smallest absolute Gasteiger partial charge is 0.267 e. The zero-order chi connectivity index (χ0) is 21.8. The number of amides is 1. The lowest BCUT2D eigenvalue weighted by Gasteiger charge is -2.12. The van der Waals surface area contributed by atoms with E-state index < -0.39 is 0 Å². The molecule has 31 heavy (non-hydrogen) atoms. The molecule has 0 atom stereocenters. The number of phenols is 1. The molecule has 156 valence electrons. The van der Waals surface area contributed by atoms with E-state index in [0.717, 1.165) is 10.0 Å². The minimum absolute atomic E-state index is 0.0502. The normalized spacial score (nSPS) is 16.8. The van der Waals surface area contributed by atoms with Crippen molar-refractivity contribution in [2.24, 2.45) is 10.2 Å². The first-order valence-corrected chi connectivity index (χ1v) is 11.5. The summed E-state index contributed by atoms with van der Waals surface area (Å²) in [6.07, 6.45) is 4.82. The van der Waals surface area contributed by atoms with Crippen molar-refractivity contribution >= 4 is 67.0 Å². The summed E-state index contributed by atoms with van der Waals surface area (Å²) in [6.45, 7) is 0.226. The van der Waals surface area contributed by atoms with Gasteiger partial charge in [0.1, 0.15) is 11.5 Å². The Hall–Kier alpha value is -2.62. The van der Waals surface area contributed by atoms with Gasteiger partial charge >= 0.3 is 0 Å². The van der Waals surface area contributed by atoms with Crippen LogP contribution in [0.15, 0.2) is 89.3 Å². The van der Waals surface area contributed by atoms with Crippen molar-refractivity contribution in [3.63, 3.8) is 0 Å². The average molecular weight is 561 g/mol. The molecule has 0 bridgehead atoms. The molecular formula is C22H15Br2N3O3S. The highest BCUT2D eigenvalue weighted by Crippen LogP contribution is 2.38. The number of carbonyl (C=O) groups excluding carboxylic acids is 1. The van der Waals surface area contributed by atoms with Gasteiger partial charge in [-0.05, 0) is 63.6 Å². The molecule has 1 fully saturated rings. The summed E-state index contributed by atoms with van der Waals surface area (Å²) in [6, 6.07) is 16.6. The van der Waals surface area contributed by atoms with Crippen molar-refractivity contribution < 1.29 is 14.3 Å². The predicted octanol–water partition coefficient (Wildman–Crippen LogP) is 6.02. The maximum atomic E-state index is 13.1. The van der Waals surface area contributed by atoms with Gasteiger partial charge in [0.05, 0.1) is 28.4 Å². The summed E-state index contributed by atoms with van der Waals surface area (Å²) in [5.74, 6) is 0.433. The van der Waals surface area contributed by atoms with Crippen LogP contribution in [0, 0.1) is 0 Å². The molecule has 1 aliphatic heterocycles. The van der Waals surface area contributed by atoms with E-state index in [2.05, 4.69) is 42.1 Å². The van der Waals surface area contributed by atoms with Crippen LogP contribution in [0.1, 0.15) is 16.9 Å². The van der Waals surface area contributed by atoms with Gasteiger partial charge in [0.2, 0.25) is 0 Å². The van der Waals surface area contributed by atoms with Crippen molar-refractivity contribution in [3.05, 3.63) is 91.6 Å². The first-order chi connectivity index (χ1) is 15.0. The van der Waals surface area contributed by atoms with Gasteiger partial charge in [0.15, 0.2) is 5.17 Å². The lowest BCUT2D eigenvalue weighted by Crippen LogP contribution is -2.28. The molecule has 9 heteroatoms.